The van der Waals surface area contributed by atoms with Crippen LogP contribution in [0.2, 0.25) is 0 Å². The normalized spacial score (nSPS) is 42.4. The summed E-state index contributed by atoms with van der Waals surface area (Å²) < 4.78 is 0. The van der Waals surface area contributed by atoms with Crippen LogP contribution in [0.4, 0.5) is 0 Å². The van der Waals surface area contributed by atoms with E-state index < -0.39 is 0 Å². The third-order valence-electron chi connectivity index (χ3n) is 4.44. The van der Waals surface area contributed by atoms with Gasteiger partial charge in [-0.2, -0.15) is 0 Å². The monoisotopic (exact) mass is 195 g/mol. The first-order chi connectivity index (χ1) is 6.59. The second kappa shape index (κ2) is 3.84. The molecule has 2 heterocycles. The maximum Gasteiger partial charge on any atom is 0.00151 e. The van der Waals surface area contributed by atoms with Gasteiger partial charge in [0.1, 0.15) is 0 Å². The van der Waals surface area contributed by atoms with E-state index in [0.29, 0.717) is 0 Å². The van der Waals surface area contributed by atoms with E-state index in [1.54, 1.807) is 0 Å². The smallest absolute Gasteiger partial charge is 0.00151 e. The van der Waals surface area contributed by atoms with E-state index >= 15 is 0 Å². The van der Waals surface area contributed by atoms with Gasteiger partial charge in [0.2, 0.25) is 0 Å². The number of hydrogen-bond acceptors (Lipinski definition) is 1. The van der Waals surface area contributed by atoms with Crippen molar-refractivity contribution in [3.8, 4) is 0 Å². The minimum Gasteiger partial charge on any atom is -0.303 e. The van der Waals surface area contributed by atoms with E-state index in [9.17, 15) is 0 Å². The van der Waals surface area contributed by atoms with E-state index in [4.69, 9.17) is 0 Å². The average Bonchev–Trinajstić information content (AvgIpc) is 2.46. The molecule has 4 atom stereocenters. The molecule has 0 saturated carbocycles. The summed E-state index contributed by atoms with van der Waals surface area (Å²) in [7, 11) is 0. The molecule has 1 nitrogen and oxygen atoms in total. The largest absolute Gasteiger partial charge is 0.303 e. The molecule has 1 heteroatoms. The lowest BCUT2D eigenvalue weighted by atomic mass is 9.69. The molecule has 2 rings (SSSR count). The fourth-order valence-corrected chi connectivity index (χ4v) is 3.81. The Kier molecular flexibility index (Phi) is 2.88. The summed E-state index contributed by atoms with van der Waals surface area (Å²) in [6.45, 7) is 13.8. The van der Waals surface area contributed by atoms with Crippen LogP contribution in [0.1, 0.15) is 34.1 Å². The molecule has 2 bridgehead atoms. The molecule has 4 unspecified atom stereocenters. The highest BCUT2D eigenvalue weighted by atomic mass is 15.2. The van der Waals surface area contributed by atoms with Crippen molar-refractivity contribution in [3.63, 3.8) is 0 Å². The van der Waals surface area contributed by atoms with E-state index in [2.05, 4.69) is 32.6 Å². The zero-order valence-corrected chi connectivity index (χ0v) is 10.2. The van der Waals surface area contributed by atoms with Gasteiger partial charge in [0, 0.05) is 13.1 Å². The molecule has 0 aromatic heterocycles. The molecule has 0 aromatic rings. The third kappa shape index (κ3) is 1.71. The lowest BCUT2D eigenvalue weighted by Crippen LogP contribution is -2.44. The standard InChI is InChI=1S/C13H25N/c1-9(2)12-8-14-6-5-11(7-14)13(12)10(3)4/h9-13H,5-8H2,1-4H3. The molecule has 0 radical (unpaired) electrons. The van der Waals surface area contributed by atoms with Crippen LogP contribution in [0.3, 0.4) is 0 Å². The number of hydrogen-bond donors (Lipinski definition) is 0. The molecule has 0 spiro atoms. The summed E-state index contributed by atoms with van der Waals surface area (Å²) in [5.74, 6) is 4.71. The van der Waals surface area contributed by atoms with Gasteiger partial charge in [0.15, 0.2) is 0 Å². The second-order valence-electron chi connectivity index (χ2n) is 6.04. The minimum atomic E-state index is 0.866. The summed E-state index contributed by atoms with van der Waals surface area (Å²) >= 11 is 0. The quantitative estimate of drug-likeness (QED) is 0.655. The molecule has 14 heavy (non-hydrogen) atoms. The van der Waals surface area contributed by atoms with Crippen LogP contribution in [-0.2, 0) is 0 Å². The molecule has 0 amide bonds. The molecule has 2 fully saturated rings. The van der Waals surface area contributed by atoms with Gasteiger partial charge in [-0.25, -0.2) is 0 Å². The van der Waals surface area contributed by atoms with Crippen molar-refractivity contribution >= 4 is 0 Å². The molecular weight excluding hydrogens is 170 g/mol. The summed E-state index contributed by atoms with van der Waals surface area (Å²) in [6.07, 6.45) is 1.46. The predicted octanol–water partition coefficient (Wildman–Crippen LogP) is 2.87. The van der Waals surface area contributed by atoms with Crippen LogP contribution in [0.5, 0.6) is 0 Å². The predicted molar refractivity (Wildman–Crippen MR) is 61.2 cm³/mol. The van der Waals surface area contributed by atoms with Crippen LogP contribution in [0.25, 0.3) is 0 Å². The molecular formula is C13H25N. The van der Waals surface area contributed by atoms with Crippen molar-refractivity contribution < 1.29 is 0 Å². The van der Waals surface area contributed by atoms with Crippen LogP contribution in [-0.4, -0.2) is 24.5 Å². The summed E-state index contributed by atoms with van der Waals surface area (Å²) in [5, 5.41) is 0. The van der Waals surface area contributed by atoms with Gasteiger partial charge in [-0.05, 0) is 42.6 Å². The minimum absolute atomic E-state index is 0.866. The lowest BCUT2D eigenvalue weighted by Gasteiger charge is -2.42. The van der Waals surface area contributed by atoms with Crippen LogP contribution < -0.4 is 0 Å². The van der Waals surface area contributed by atoms with E-state index in [1.807, 2.05) is 0 Å². The molecule has 2 aliphatic heterocycles. The van der Waals surface area contributed by atoms with Gasteiger partial charge in [0.05, 0.1) is 0 Å². The molecule has 0 aliphatic carbocycles. The van der Waals surface area contributed by atoms with E-state index in [0.717, 1.165) is 29.6 Å². The Balaban J connectivity index is 2.14. The Hall–Kier alpha value is -0.0400. The zero-order valence-electron chi connectivity index (χ0n) is 10.2. The molecule has 0 N–H and O–H groups in total. The van der Waals surface area contributed by atoms with Crippen LogP contribution in [0, 0.1) is 29.6 Å². The van der Waals surface area contributed by atoms with E-state index in [-0.39, 0.29) is 0 Å². The number of nitrogens with zero attached hydrogens (tertiary/aromatic N) is 1. The highest BCUT2D eigenvalue weighted by Gasteiger charge is 2.42. The van der Waals surface area contributed by atoms with Gasteiger partial charge in [-0.3, -0.25) is 0 Å². The number of fused-ring (bicyclic) bond motifs is 2. The Morgan fingerprint density at radius 2 is 1.71 bits per heavy atom. The molecule has 2 saturated heterocycles. The molecule has 2 aliphatic rings. The van der Waals surface area contributed by atoms with Crippen molar-refractivity contribution in [1.82, 2.24) is 4.90 Å². The molecule has 0 aromatic carbocycles. The van der Waals surface area contributed by atoms with Crippen molar-refractivity contribution in [2.75, 3.05) is 19.6 Å². The first-order valence-corrected chi connectivity index (χ1v) is 6.32. The Labute approximate surface area is 88.9 Å². The summed E-state index contributed by atoms with van der Waals surface area (Å²) in [5.41, 5.74) is 0. The maximum absolute atomic E-state index is 2.69. The Bertz CT molecular complexity index is 197. The highest BCUT2D eigenvalue weighted by molar-refractivity contribution is 4.93. The topological polar surface area (TPSA) is 3.24 Å². The number of rotatable bonds is 2. The first kappa shape index (κ1) is 10.5. The maximum atomic E-state index is 2.69. The van der Waals surface area contributed by atoms with Gasteiger partial charge in [-0.1, -0.05) is 27.7 Å². The van der Waals surface area contributed by atoms with Gasteiger partial charge >= 0.3 is 0 Å². The van der Waals surface area contributed by atoms with Gasteiger partial charge in [-0.15, -0.1) is 0 Å². The van der Waals surface area contributed by atoms with Crippen LogP contribution in [0.15, 0.2) is 0 Å². The lowest BCUT2D eigenvalue weighted by molar-refractivity contribution is 0.0607. The third-order valence-corrected chi connectivity index (χ3v) is 4.44. The van der Waals surface area contributed by atoms with Crippen molar-refractivity contribution in [2.45, 2.75) is 34.1 Å². The fraction of sp³-hybridized carbons (Fsp3) is 1.00. The van der Waals surface area contributed by atoms with Gasteiger partial charge in [0.25, 0.3) is 0 Å². The summed E-state index contributed by atoms with van der Waals surface area (Å²) in [6, 6.07) is 0. The fourth-order valence-electron chi connectivity index (χ4n) is 3.81. The van der Waals surface area contributed by atoms with Crippen molar-refractivity contribution in [3.05, 3.63) is 0 Å². The van der Waals surface area contributed by atoms with Crippen molar-refractivity contribution in [2.24, 2.45) is 29.6 Å². The van der Waals surface area contributed by atoms with Crippen molar-refractivity contribution in [1.29, 1.82) is 0 Å². The van der Waals surface area contributed by atoms with E-state index in [1.165, 1.54) is 26.1 Å². The Morgan fingerprint density at radius 1 is 1.00 bits per heavy atom. The highest BCUT2D eigenvalue weighted by Crippen LogP contribution is 2.42. The van der Waals surface area contributed by atoms with Gasteiger partial charge < -0.3 is 4.90 Å². The van der Waals surface area contributed by atoms with Crippen LogP contribution >= 0.6 is 0 Å². The average molecular weight is 195 g/mol. The molecule has 82 valence electrons. The summed E-state index contributed by atoms with van der Waals surface area (Å²) in [4.78, 5) is 2.69. The Morgan fingerprint density at radius 3 is 2.29 bits per heavy atom. The zero-order chi connectivity index (χ0) is 10.3. The SMILES string of the molecule is CC(C)C1CN2CCC(C2)C1C(C)C. The number of piperidine rings is 1. The second-order valence-corrected chi connectivity index (χ2v) is 6.04. The first-order valence-electron chi connectivity index (χ1n) is 6.32.